The fraction of sp³-hybridized carbons (Fsp3) is 0.500. The van der Waals surface area contributed by atoms with Crippen molar-refractivity contribution in [1.82, 2.24) is 9.80 Å². The summed E-state index contributed by atoms with van der Waals surface area (Å²) in [5.74, 6) is -0.146. The van der Waals surface area contributed by atoms with Crippen molar-refractivity contribution in [3.8, 4) is 6.07 Å². The number of nitriles is 1. The first-order valence-electron chi connectivity index (χ1n) is 8.69. The molecule has 0 aromatic heterocycles. The fourth-order valence-corrected chi connectivity index (χ4v) is 3.38. The second-order valence-corrected chi connectivity index (χ2v) is 6.89. The Morgan fingerprint density at radius 2 is 2.08 bits per heavy atom. The third-order valence-electron chi connectivity index (χ3n) is 4.63. The number of carbonyl (C=O) groups excluding carboxylic acids is 2. The van der Waals surface area contributed by atoms with Gasteiger partial charge in [0.2, 0.25) is 5.91 Å². The Kier molecular flexibility index (Phi) is 6.09. The van der Waals surface area contributed by atoms with Crippen LogP contribution in [0.5, 0.6) is 0 Å². The van der Waals surface area contributed by atoms with Gasteiger partial charge in [0, 0.05) is 37.8 Å². The summed E-state index contributed by atoms with van der Waals surface area (Å²) < 4.78 is 5.45. The van der Waals surface area contributed by atoms with Gasteiger partial charge in [0.15, 0.2) is 0 Å². The third-order valence-corrected chi connectivity index (χ3v) is 4.87. The predicted molar refractivity (Wildman–Crippen MR) is 96.8 cm³/mol. The van der Waals surface area contributed by atoms with Gasteiger partial charge in [-0.3, -0.25) is 14.5 Å². The number of benzene rings is 1. The van der Waals surface area contributed by atoms with Gasteiger partial charge < -0.3 is 15.0 Å². The van der Waals surface area contributed by atoms with Crippen molar-refractivity contribution in [3.05, 3.63) is 28.8 Å². The molecule has 1 N–H and O–H groups in total. The van der Waals surface area contributed by atoms with Gasteiger partial charge in [-0.05, 0) is 31.0 Å². The molecule has 0 bridgehead atoms. The average Bonchev–Trinajstić information content (AvgIpc) is 3.16. The average molecular weight is 377 g/mol. The van der Waals surface area contributed by atoms with E-state index >= 15 is 0 Å². The minimum Gasteiger partial charge on any atom is -0.368 e. The van der Waals surface area contributed by atoms with Gasteiger partial charge in [0.05, 0.1) is 17.8 Å². The number of hydrogen-bond donors (Lipinski definition) is 1. The van der Waals surface area contributed by atoms with Gasteiger partial charge in [-0.2, -0.15) is 5.26 Å². The molecule has 2 amide bonds. The second kappa shape index (κ2) is 8.49. The number of carbonyl (C=O) groups is 2. The summed E-state index contributed by atoms with van der Waals surface area (Å²) in [6, 6.07) is 6.79. The van der Waals surface area contributed by atoms with E-state index in [-0.39, 0.29) is 24.5 Å². The van der Waals surface area contributed by atoms with Crippen molar-refractivity contribution in [2.75, 3.05) is 44.6 Å². The van der Waals surface area contributed by atoms with Crippen LogP contribution in [0.1, 0.15) is 18.4 Å². The maximum atomic E-state index is 12.3. The van der Waals surface area contributed by atoms with Crippen LogP contribution in [-0.2, 0) is 14.3 Å². The maximum Gasteiger partial charge on any atom is 0.251 e. The quantitative estimate of drug-likeness (QED) is 0.860. The van der Waals surface area contributed by atoms with Crippen molar-refractivity contribution >= 4 is 29.1 Å². The van der Waals surface area contributed by atoms with Crippen LogP contribution in [0.25, 0.3) is 0 Å². The molecule has 2 aliphatic heterocycles. The number of amides is 2. The highest BCUT2D eigenvalue weighted by molar-refractivity contribution is 6.31. The molecular formula is C18H21ClN4O3. The first kappa shape index (κ1) is 18.6. The first-order valence-corrected chi connectivity index (χ1v) is 9.07. The summed E-state index contributed by atoms with van der Waals surface area (Å²) in [5, 5.41) is 12.3. The highest BCUT2D eigenvalue weighted by Crippen LogP contribution is 2.20. The van der Waals surface area contributed by atoms with Crippen LogP contribution in [0.3, 0.4) is 0 Å². The molecule has 0 radical (unpaired) electrons. The topological polar surface area (TPSA) is 85.7 Å². The summed E-state index contributed by atoms with van der Waals surface area (Å²) in [6.45, 7) is 3.31. The number of piperazine rings is 1. The standard InChI is InChI=1S/C18H21ClN4O3/c19-14-4-3-13(11-20)15(10-14)21-17(24)12-22-5-7-23(8-6-22)18(25)16-2-1-9-26-16/h3-4,10,16H,1-2,5-9,12H2,(H,21,24). The van der Waals surface area contributed by atoms with E-state index in [0.717, 1.165) is 12.8 Å². The lowest BCUT2D eigenvalue weighted by molar-refractivity contribution is -0.142. The Hall–Kier alpha value is -2.14. The summed E-state index contributed by atoms with van der Waals surface area (Å²) in [5.41, 5.74) is 0.784. The molecule has 2 heterocycles. The Morgan fingerprint density at radius 3 is 2.73 bits per heavy atom. The van der Waals surface area contributed by atoms with Crippen LogP contribution in [0, 0.1) is 11.3 Å². The molecule has 1 aromatic rings. The number of rotatable bonds is 4. The molecule has 7 nitrogen and oxygen atoms in total. The monoisotopic (exact) mass is 376 g/mol. The Bertz CT molecular complexity index is 720. The molecule has 26 heavy (non-hydrogen) atoms. The zero-order valence-electron chi connectivity index (χ0n) is 14.4. The molecule has 2 aliphatic rings. The van der Waals surface area contributed by atoms with E-state index in [4.69, 9.17) is 21.6 Å². The van der Waals surface area contributed by atoms with Gasteiger partial charge in [0.25, 0.3) is 5.91 Å². The molecule has 0 spiro atoms. The van der Waals surface area contributed by atoms with Crippen LogP contribution >= 0.6 is 11.6 Å². The number of hydrogen-bond acceptors (Lipinski definition) is 5. The SMILES string of the molecule is N#Cc1ccc(Cl)cc1NC(=O)CN1CCN(C(=O)C2CCCO2)CC1. The molecule has 1 atom stereocenters. The van der Waals surface area contributed by atoms with Gasteiger partial charge in [0.1, 0.15) is 12.2 Å². The van der Waals surface area contributed by atoms with Gasteiger partial charge in [-0.15, -0.1) is 0 Å². The van der Waals surface area contributed by atoms with E-state index in [1.165, 1.54) is 0 Å². The van der Waals surface area contributed by atoms with E-state index in [1.807, 2.05) is 15.9 Å². The zero-order chi connectivity index (χ0) is 18.5. The smallest absolute Gasteiger partial charge is 0.251 e. The number of nitrogens with one attached hydrogen (secondary N) is 1. The van der Waals surface area contributed by atoms with Crippen molar-refractivity contribution in [3.63, 3.8) is 0 Å². The lowest BCUT2D eigenvalue weighted by Gasteiger charge is -2.35. The number of anilines is 1. The Morgan fingerprint density at radius 1 is 1.31 bits per heavy atom. The minimum atomic E-state index is -0.294. The van der Waals surface area contributed by atoms with Crippen LogP contribution in [0.15, 0.2) is 18.2 Å². The molecule has 3 rings (SSSR count). The summed E-state index contributed by atoms with van der Waals surface area (Å²) >= 11 is 5.93. The summed E-state index contributed by atoms with van der Waals surface area (Å²) in [7, 11) is 0. The zero-order valence-corrected chi connectivity index (χ0v) is 15.2. The Labute approximate surface area is 157 Å². The van der Waals surface area contributed by atoms with E-state index in [2.05, 4.69) is 5.32 Å². The van der Waals surface area contributed by atoms with Gasteiger partial charge in [-0.25, -0.2) is 0 Å². The van der Waals surface area contributed by atoms with Crippen molar-refractivity contribution < 1.29 is 14.3 Å². The molecule has 2 fully saturated rings. The second-order valence-electron chi connectivity index (χ2n) is 6.45. The first-order chi connectivity index (χ1) is 12.6. The molecular weight excluding hydrogens is 356 g/mol. The minimum absolute atomic E-state index is 0.0594. The van der Waals surface area contributed by atoms with E-state index in [1.54, 1.807) is 18.2 Å². The van der Waals surface area contributed by atoms with Gasteiger partial charge in [-0.1, -0.05) is 11.6 Å². The van der Waals surface area contributed by atoms with Crippen LogP contribution in [0.4, 0.5) is 5.69 Å². The highest BCUT2D eigenvalue weighted by Gasteiger charge is 2.30. The fourth-order valence-electron chi connectivity index (χ4n) is 3.21. The molecule has 8 heteroatoms. The molecule has 1 aromatic carbocycles. The van der Waals surface area contributed by atoms with E-state index in [9.17, 15) is 9.59 Å². The lowest BCUT2D eigenvalue weighted by atomic mass is 10.2. The highest BCUT2D eigenvalue weighted by atomic mass is 35.5. The van der Waals surface area contributed by atoms with Crippen LogP contribution < -0.4 is 5.32 Å². The molecule has 0 aliphatic carbocycles. The lowest BCUT2D eigenvalue weighted by Crippen LogP contribution is -2.52. The summed E-state index contributed by atoms with van der Waals surface area (Å²) in [4.78, 5) is 28.4. The van der Waals surface area contributed by atoms with Crippen LogP contribution in [0.2, 0.25) is 5.02 Å². The number of nitrogens with zero attached hydrogens (tertiary/aromatic N) is 3. The Balaban J connectivity index is 1.48. The van der Waals surface area contributed by atoms with Gasteiger partial charge >= 0.3 is 0 Å². The van der Waals surface area contributed by atoms with E-state index < -0.39 is 0 Å². The maximum absolute atomic E-state index is 12.3. The number of halogens is 1. The molecule has 0 saturated carbocycles. The van der Waals surface area contributed by atoms with Crippen molar-refractivity contribution in [1.29, 1.82) is 5.26 Å². The van der Waals surface area contributed by atoms with E-state index in [0.29, 0.717) is 49.1 Å². The molecule has 1 unspecified atom stereocenters. The molecule has 2 saturated heterocycles. The number of ether oxygens (including phenoxy) is 1. The van der Waals surface area contributed by atoms with Crippen LogP contribution in [-0.4, -0.2) is 67.0 Å². The third kappa shape index (κ3) is 4.52. The summed E-state index contributed by atoms with van der Waals surface area (Å²) in [6.07, 6.45) is 1.43. The van der Waals surface area contributed by atoms with Crippen molar-refractivity contribution in [2.24, 2.45) is 0 Å². The molecule has 138 valence electrons. The normalized spacial score (nSPS) is 20.6. The predicted octanol–water partition coefficient (Wildman–Crippen LogP) is 1.47. The van der Waals surface area contributed by atoms with Crippen molar-refractivity contribution in [2.45, 2.75) is 18.9 Å². The largest absolute Gasteiger partial charge is 0.368 e.